The second-order valence-corrected chi connectivity index (χ2v) is 7.73. The van der Waals surface area contributed by atoms with Gasteiger partial charge in [-0.3, -0.25) is 4.79 Å². The lowest BCUT2D eigenvalue weighted by atomic mass is 10.0. The maximum atomic E-state index is 14.3. The zero-order valence-corrected chi connectivity index (χ0v) is 17.4. The maximum absolute atomic E-state index is 14.3. The number of benzene rings is 3. The number of halogens is 5. The van der Waals surface area contributed by atoms with Gasteiger partial charge in [0.05, 0.1) is 11.1 Å². The van der Waals surface area contributed by atoms with E-state index in [0.29, 0.717) is 16.8 Å². The van der Waals surface area contributed by atoms with Crippen molar-refractivity contribution in [1.82, 2.24) is 5.32 Å². The van der Waals surface area contributed by atoms with Gasteiger partial charge in [0.25, 0.3) is 5.91 Å². The fourth-order valence-corrected chi connectivity index (χ4v) is 3.05. The molecule has 0 saturated heterocycles. The number of fused-ring (bicyclic) bond motifs is 1. The smallest absolute Gasteiger partial charge is 0.419 e. The van der Waals surface area contributed by atoms with Crippen LogP contribution in [-0.2, 0) is 17.6 Å². The lowest BCUT2D eigenvalue weighted by Crippen LogP contribution is -2.49. The Morgan fingerprint density at radius 3 is 2.27 bits per heavy atom. The van der Waals surface area contributed by atoms with Crippen molar-refractivity contribution in [2.45, 2.75) is 32.2 Å². The minimum absolute atomic E-state index is 0.0634. The molecule has 0 saturated carbocycles. The lowest BCUT2D eigenvalue weighted by Gasteiger charge is -2.22. The number of nitrogens with one attached hydrogen (secondary N) is 1. The summed E-state index contributed by atoms with van der Waals surface area (Å²) in [4.78, 5) is 24.2. The number of hydrogen-bond donors (Lipinski definition) is 2. The third-order valence-corrected chi connectivity index (χ3v) is 4.92. The van der Waals surface area contributed by atoms with Crippen LogP contribution >= 0.6 is 0 Å². The van der Waals surface area contributed by atoms with Crippen LogP contribution in [0.15, 0.2) is 48.5 Å². The molecule has 174 valence electrons. The Morgan fingerprint density at radius 2 is 1.64 bits per heavy atom. The van der Waals surface area contributed by atoms with Crippen molar-refractivity contribution >= 4 is 22.6 Å². The molecule has 5 nitrogen and oxygen atoms in total. The molecule has 0 fully saturated rings. The summed E-state index contributed by atoms with van der Waals surface area (Å²) in [7, 11) is 0. The summed E-state index contributed by atoms with van der Waals surface area (Å²) < 4.78 is 72.2. The maximum Gasteiger partial charge on any atom is 0.419 e. The summed E-state index contributed by atoms with van der Waals surface area (Å²) in [5.41, 5.74) is -3.95. The number of aliphatic carboxylic acids is 1. The van der Waals surface area contributed by atoms with Gasteiger partial charge in [-0.15, -0.1) is 0 Å². The molecule has 0 spiro atoms. The molecule has 0 unspecified atom stereocenters. The van der Waals surface area contributed by atoms with E-state index in [2.05, 4.69) is 5.32 Å². The van der Waals surface area contributed by atoms with Crippen LogP contribution in [0.5, 0.6) is 5.75 Å². The Balaban J connectivity index is 2.01. The summed E-state index contributed by atoms with van der Waals surface area (Å²) in [6.45, 7) is 1.86. The number of carbonyl (C=O) groups is 2. The van der Waals surface area contributed by atoms with Crippen molar-refractivity contribution in [3.05, 3.63) is 76.9 Å². The third-order valence-electron chi connectivity index (χ3n) is 4.92. The summed E-state index contributed by atoms with van der Waals surface area (Å²) >= 11 is 0. The first-order chi connectivity index (χ1) is 15.3. The Kier molecular flexibility index (Phi) is 6.31. The molecule has 3 aromatic rings. The SMILES string of the molecule is CC(C)(NC(=O)c1ccc2ccccc2c1OCc1ccc(C(F)(F)F)c(F)c1F)C(=O)O. The van der Waals surface area contributed by atoms with Crippen LogP contribution in [0.3, 0.4) is 0 Å². The Labute approximate surface area is 184 Å². The second-order valence-electron chi connectivity index (χ2n) is 7.73. The Morgan fingerprint density at radius 1 is 0.970 bits per heavy atom. The van der Waals surface area contributed by atoms with Gasteiger partial charge in [-0.1, -0.05) is 36.4 Å². The monoisotopic (exact) mass is 467 g/mol. The minimum Gasteiger partial charge on any atom is -0.487 e. The van der Waals surface area contributed by atoms with E-state index in [1.165, 1.54) is 19.9 Å². The number of carbonyl (C=O) groups excluding carboxylic acids is 1. The number of carboxylic acids is 1. The fraction of sp³-hybridized carbons (Fsp3) is 0.217. The minimum atomic E-state index is -5.07. The van der Waals surface area contributed by atoms with E-state index in [1.54, 1.807) is 30.3 Å². The van der Waals surface area contributed by atoms with Crippen LogP contribution in [-0.4, -0.2) is 22.5 Å². The van der Waals surface area contributed by atoms with E-state index in [1.807, 2.05) is 0 Å². The van der Waals surface area contributed by atoms with E-state index in [0.717, 1.165) is 6.07 Å². The predicted molar refractivity (Wildman–Crippen MR) is 109 cm³/mol. The zero-order valence-electron chi connectivity index (χ0n) is 17.4. The molecule has 33 heavy (non-hydrogen) atoms. The third kappa shape index (κ3) is 4.89. The molecular formula is C23H18F5NO4. The highest BCUT2D eigenvalue weighted by molar-refractivity contribution is 6.05. The summed E-state index contributed by atoms with van der Waals surface area (Å²) in [6.07, 6.45) is -5.07. The van der Waals surface area contributed by atoms with E-state index in [9.17, 15) is 36.6 Å². The van der Waals surface area contributed by atoms with Crippen molar-refractivity contribution in [2.75, 3.05) is 0 Å². The van der Waals surface area contributed by atoms with Gasteiger partial charge in [0, 0.05) is 10.9 Å². The number of carboxylic acid groups (broad SMARTS) is 1. The number of alkyl halides is 3. The number of amides is 1. The Bertz CT molecular complexity index is 1240. The fourth-order valence-electron chi connectivity index (χ4n) is 3.05. The first-order valence-corrected chi connectivity index (χ1v) is 9.57. The normalized spacial score (nSPS) is 12.0. The summed E-state index contributed by atoms with van der Waals surface area (Å²) in [6, 6.07) is 10.7. The molecule has 0 atom stereocenters. The first kappa shape index (κ1) is 24.0. The van der Waals surface area contributed by atoms with Gasteiger partial charge >= 0.3 is 12.1 Å². The molecule has 0 aromatic heterocycles. The van der Waals surface area contributed by atoms with Crippen molar-refractivity contribution in [1.29, 1.82) is 0 Å². The van der Waals surface area contributed by atoms with Crippen LogP contribution in [0.2, 0.25) is 0 Å². The van der Waals surface area contributed by atoms with Gasteiger partial charge < -0.3 is 15.2 Å². The molecule has 0 aliphatic carbocycles. The average Bonchev–Trinajstić information content (AvgIpc) is 2.73. The zero-order chi connectivity index (χ0) is 24.6. The highest BCUT2D eigenvalue weighted by atomic mass is 19.4. The van der Waals surface area contributed by atoms with Crippen LogP contribution in [0.1, 0.15) is 35.3 Å². The molecule has 2 N–H and O–H groups in total. The van der Waals surface area contributed by atoms with Gasteiger partial charge in [-0.05, 0) is 31.4 Å². The van der Waals surface area contributed by atoms with Crippen LogP contribution in [0, 0.1) is 11.6 Å². The number of rotatable bonds is 6. The molecule has 0 aliphatic heterocycles. The molecule has 0 radical (unpaired) electrons. The predicted octanol–water partition coefficient (Wildman–Crippen LogP) is 5.31. The van der Waals surface area contributed by atoms with Crippen LogP contribution in [0.25, 0.3) is 10.8 Å². The van der Waals surface area contributed by atoms with E-state index >= 15 is 0 Å². The molecule has 1 amide bonds. The highest BCUT2D eigenvalue weighted by Crippen LogP contribution is 2.34. The van der Waals surface area contributed by atoms with Crippen LogP contribution in [0.4, 0.5) is 22.0 Å². The van der Waals surface area contributed by atoms with Gasteiger partial charge in [0.15, 0.2) is 11.6 Å². The van der Waals surface area contributed by atoms with E-state index < -0.39 is 53.0 Å². The number of ether oxygens (including phenoxy) is 1. The first-order valence-electron chi connectivity index (χ1n) is 9.57. The van der Waals surface area contributed by atoms with Crippen molar-refractivity contribution in [3.63, 3.8) is 0 Å². The average molecular weight is 467 g/mol. The van der Waals surface area contributed by atoms with Crippen molar-refractivity contribution in [3.8, 4) is 5.75 Å². The quantitative estimate of drug-likeness (QED) is 0.482. The van der Waals surface area contributed by atoms with Gasteiger partial charge in [-0.2, -0.15) is 13.2 Å². The standard InChI is InChI=1S/C23H18F5NO4/c1-22(2,21(31)32)29-20(30)15-9-7-12-5-3-4-6-14(12)19(15)33-11-13-8-10-16(23(26,27)28)18(25)17(13)24/h3-10H,11H2,1-2H3,(H,29,30)(H,31,32). The molecule has 0 aliphatic rings. The van der Waals surface area contributed by atoms with E-state index in [-0.39, 0.29) is 11.3 Å². The van der Waals surface area contributed by atoms with Crippen molar-refractivity contribution < 1.29 is 41.4 Å². The van der Waals surface area contributed by atoms with Crippen LogP contribution < -0.4 is 10.1 Å². The molecule has 0 heterocycles. The molecule has 10 heteroatoms. The molecular weight excluding hydrogens is 449 g/mol. The molecule has 3 rings (SSSR count). The second kappa shape index (κ2) is 8.68. The summed E-state index contributed by atoms with van der Waals surface area (Å²) in [5.74, 6) is -5.93. The lowest BCUT2D eigenvalue weighted by molar-refractivity contribution is -0.143. The van der Waals surface area contributed by atoms with Crippen molar-refractivity contribution in [2.24, 2.45) is 0 Å². The Hall–Kier alpha value is -3.69. The van der Waals surface area contributed by atoms with Gasteiger partial charge in [0.2, 0.25) is 0 Å². The molecule has 0 bridgehead atoms. The summed E-state index contributed by atoms with van der Waals surface area (Å²) in [5, 5.41) is 12.6. The van der Waals surface area contributed by atoms with E-state index in [4.69, 9.17) is 4.74 Å². The largest absolute Gasteiger partial charge is 0.487 e. The highest BCUT2D eigenvalue weighted by Gasteiger charge is 2.36. The van der Waals surface area contributed by atoms with Gasteiger partial charge in [-0.25, -0.2) is 13.6 Å². The number of hydrogen-bond acceptors (Lipinski definition) is 3. The topological polar surface area (TPSA) is 75.6 Å². The van der Waals surface area contributed by atoms with Gasteiger partial charge in [0.1, 0.15) is 17.9 Å². The molecule has 3 aromatic carbocycles.